The van der Waals surface area contributed by atoms with Gasteiger partial charge in [0.25, 0.3) is 33.8 Å². The SMILES string of the molecule is C.CC(=O)O.CC(=O)OC(C)=O.CC[C@H]1O[C@@H](n2cnc3c(=O)[nH]c(N)nc32)[C@@H](OC)C1OC(C)=O.CC[C@H]1O[C@@H](n2cnc3c(=O)[nH]c(NC)nc32)[C@@H](OC)C1OC(C)=O.CC[C@H]1O[C@@H](n2cnc3c(=O)[nH]c(NCSc4ccc(C)cc4)nc32)[C@@H](OC)C1OC(C)=O.CNc1nc2c(ncn2[C@@H]2O[C@H](CO)C(O)[C@@H]2OC)c(=O)[nH]1.CO[C@H]1C(O)[C@@H](CO)O[C@H]1n1cnc2c(=O)[nH]c(N)nc21.Cc1ccc(S)cc1.[B].[H-].[Na+]. The summed E-state index contributed by atoms with van der Waals surface area (Å²) in [4.78, 5) is 180. The Morgan fingerprint density at radius 3 is 0.939 bits per heavy atom. The zero-order valence-electron chi connectivity index (χ0n) is 84.0. The summed E-state index contributed by atoms with van der Waals surface area (Å²) in [5, 5.41) is 54.7. The molecule has 12 aromatic rings. The number of carbonyl (C=O) groups excluding carboxylic acids is 5. The van der Waals surface area contributed by atoms with E-state index < -0.39 is 151 Å². The van der Waals surface area contributed by atoms with Crippen LogP contribution in [0.25, 0.3) is 55.8 Å². The largest absolute Gasteiger partial charge is 1.00 e. The Hall–Kier alpha value is -12.6. The number of benzene rings is 2. The van der Waals surface area contributed by atoms with Crippen molar-refractivity contribution in [2.75, 3.05) is 96.2 Å². The van der Waals surface area contributed by atoms with Crippen LogP contribution in [0.2, 0.25) is 0 Å². The number of thioether (sulfide) groups is 1. The van der Waals surface area contributed by atoms with E-state index in [9.17, 15) is 68.4 Å². The van der Waals surface area contributed by atoms with Crippen LogP contribution in [0.4, 0.5) is 29.7 Å². The third-order valence-corrected chi connectivity index (χ3v) is 23.4. The Morgan fingerprint density at radius 1 is 0.429 bits per heavy atom. The number of thiol groups is 1. The molecule has 55 nitrogen and oxygen atoms in total. The molecule has 5 saturated heterocycles. The van der Waals surface area contributed by atoms with E-state index in [1.807, 2.05) is 76.2 Å². The number of ether oxygens (including phenoxy) is 14. The predicted octanol–water partition coefficient (Wildman–Crippen LogP) is -0.548. The number of methoxy groups -OCH3 is 5. The molecule has 20 atom stereocenters. The van der Waals surface area contributed by atoms with Gasteiger partial charge in [-0.05, 0) is 57.4 Å². The quantitative estimate of drug-likeness (QED) is 0.00686. The summed E-state index contributed by atoms with van der Waals surface area (Å²) in [7, 11) is 10.7. The smallest absolute Gasteiger partial charge is 1.00 e. The normalized spacial score (nSPS) is 23.3. The van der Waals surface area contributed by atoms with Crippen LogP contribution in [-0.2, 0) is 95.1 Å². The summed E-state index contributed by atoms with van der Waals surface area (Å²) in [5.41, 5.74) is 13.9. The van der Waals surface area contributed by atoms with Crippen molar-refractivity contribution >= 4 is 154 Å². The number of anilines is 5. The molecule has 0 aliphatic carbocycles. The van der Waals surface area contributed by atoms with Crippen LogP contribution in [-0.4, -0.2) is 328 Å². The molecule has 147 heavy (non-hydrogen) atoms. The van der Waals surface area contributed by atoms with E-state index in [0.717, 1.165) is 16.7 Å². The number of aromatic amines is 5. The Labute approximate surface area is 872 Å². The van der Waals surface area contributed by atoms with Gasteiger partial charge in [0.15, 0.2) is 105 Å². The first-order chi connectivity index (χ1) is 68.7. The molecule has 3 radical (unpaired) electrons. The number of carboxylic acid groups (broad SMARTS) is 1. The molecule has 5 aliphatic rings. The molecule has 2 aromatic carbocycles. The fourth-order valence-electron chi connectivity index (χ4n) is 15.7. The first-order valence-corrected chi connectivity index (χ1v) is 45.9. The second-order valence-corrected chi connectivity index (χ2v) is 33.7. The van der Waals surface area contributed by atoms with Gasteiger partial charge < -0.3 is 121 Å². The van der Waals surface area contributed by atoms with Crippen LogP contribution in [0.5, 0.6) is 0 Å². The van der Waals surface area contributed by atoms with E-state index in [1.54, 1.807) is 39.6 Å². The molecule has 10 aromatic heterocycles. The molecule has 0 saturated carbocycles. The van der Waals surface area contributed by atoms with Crippen molar-refractivity contribution in [1.82, 2.24) is 97.6 Å². The third-order valence-electron chi connectivity index (χ3n) is 22.2. The summed E-state index contributed by atoms with van der Waals surface area (Å²) in [6, 6.07) is 16.2. The van der Waals surface area contributed by atoms with Crippen molar-refractivity contribution < 1.29 is 152 Å². The first-order valence-electron chi connectivity index (χ1n) is 44.5. The Balaban J connectivity index is 0.000000270. The molecule has 0 spiro atoms. The van der Waals surface area contributed by atoms with Gasteiger partial charge in [-0.1, -0.05) is 63.6 Å². The number of aromatic nitrogens is 20. The zero-order valence-corrected chi connectivity index (χ0v) is 86.7. The van der Waals surface area contributed by atoms with Crippen molar-refractivity contribution in [1.29, 1.82) is 0 Å². The second-order valence-electron chi connectivity index (χ2n) is 32.1. The van der Waals surface area contributed by atoms with Crippen molar-refractivity contribution in [3.8, 4) is 0 Å². The molecule has 5 unspecified atom stereocenters. The van der Waals surface area contributed by atoms with Gasteiger partial charge in [0.05, 0.1) is 69.0 Å². The van der Waals surface area contributed by atoms with Gasteiger partial charge in [0.1, 0.15) is 54.9 Å². The van der Waals surface area contributed by atoms with Crippen LogP contribution in [0, 0.1) is 13.8 Å². The van der Waals surface area contributed by atoms with Crippen LogP contribution in [0.1, 0.15) is 133 Å². The van der Waals surface area contributed by atoms with Gasteiger partial charge in [0, 0.05) is 109 Å². The molecule has 0 bridgehead atoms. The van der Waals surface area contributed by atoms with Crippen LogP contribution >= 0.6 is 24.4 Å². The number of carboxylic acids is 1. The van der Waals surface area contributed by atoms with E-state index in [0.29, 0.717) is 54.0 Å². The molecule has 15 heterocycles. The summed E-state index contributed by atoms with van der Waals surface area (Å²) in [5.74, 6) is -1.84. The van der Waals surface area contributed by atoms with E-state index in [1.165, 1.54) is 122 Å². The van der Waals surface area contributed by atoms with Gasteiger partial charge in [-0.15, -0.1) is 24.4 Å². The Morgan fingerprint density at radius 2 is 0.687 bits per heavy atom. The molecule has 17 rings (SSSR count). The number of nitrogens with zero attached hydrogens (tertiary/aromatic N) is 15. The molecule has 795 valence electrons. The van der Waals surface area contributed by atoms with Crippen LogP contribution < -0.4 is 84.8 Å². The number of hydrogen-bond acceptors (Lipinski definition) is 46. The average Bonchev–Trinajstić information content (AvgIpc) is 1.64. The van der Waals surface area contributed by atoms with E-state index in [4.69, 9.17) is 82.9 Å². The maximum absolute atomic E-state index is 12.6. The Bertz CT molecular complexity index is 6680. The molecule has 59 heteroatoms. The average molecular weight is 2110 g/mol. The zero-order chi connectivity index (χ0) is 106. The van der Waals surface area contributed by atoms with Crippen molar-refractivity contribution in [2.45, 2.75) is 235 Å². The van der Waals surface area contributed by atoms with E-state index >= 15 is 0 Å². The van der Waals surface area contributed by atoms with Gasteiger partial charge in [-0.2, -0.15) is 24.9 Å². The first kappa shape index (κ1) is 121. The minimum atomic E-state index is -1.01. The summed E-state index contributed by atoms with van der Waals surface area (Å²) in [6.45, 7) is 16.7. The monoisotopic (exact) mass is 2110 g/mol. The number of hydrogen-bond donors (Lipinski definition) is 16. The van der Waals surface area contributed by atoms with E-state index in [2.05, 4.69) is 115 Å². The minimum absolute atomic E-state index is 0. The Kier molecular flexibility index (Phi) is 46.2. The number of rotatable bonds is 24. The van der Waals surface area contributed by atoms with Gasteiger partial charge in [-0.25, -0.2) is 24.9 Å². The number of carbonyl (C=O) groups is 6. The number of esters is 5. The van der Waals surface area contributed by atoms with Gasteiger partial charge in [-0.3, -0.25) is 100 Å². The number of H-pyrrole nitrogens is 5. The maximum Gasteiger partial charge on any atom is 1.00 e. The van der Waals surface area contributed by atoms with E-state index in [-0.39, 0.29) is 152 Å². The number of aliphatic hydroxyl groups excluding tert-OH is 4. The number of aliphatic carboxylic acids is 1. The van der Waals surface area contributed by atoms with Crippen LogP contribution in [0.15, 0.2) is 114 Å². The molecular weight excluding hydrogens is 1990 g/mol. The van der Waals surface area contributed by atoms with Crippen molar-refractivity contribution in [3.05, 3.63) is 143 Å². The number of aryl methyl sites for hydroxylation is 2. The minimum Gasteiger partial charge on any atom is -1.00 e. The molecule has 0 amide bonds. The molecular formula is C88H122BN25NaO30S2. The molecule has 5 aliphatic heterocycles. The molecule has 5 fully saturated rings. The maximum atomic E-state index is 12.6. The second kappa shape index (κ2) is 56.0. The standard InChI is InChI=1S/C22H27N5O5S.C15H21N5O5.C14H19N5O5.C12H17N5O5.C11H15N5O5.C7H8S.C4H6O3.C2H4O2.CH4.B.Na.H/c1-5-15-17(31-13(3)28)18(30-4)21(32-15)27-10-23-16-19(27)25-22(26-20(16)29)24-11-33-14-8-6-12(2)7-9-14;1-5-8-10(24-7(2)21)11(23-4)14(25-8)20-6-17-9-12(20)18-15(16-3)19-13(9)22;1-4-7-9(23-6(2)20)10(22-3)13(24-7)19-5-16-8-11(19)17-14(15)18-12(8)21;1-13-12-15-9-6(10(20)16-12)14-4-17(9)11-8(21-2)7(19)5(3-18)22-11;1-20-7-6(18)4(2-17)21-10(7)16-3-13-5-8(16)14-11(12)15-9(5)19;1-6-2-4-7(8)5-3-6;1-3(5)7-4(2)6;1-2(3)4;;;;/h6-10,15,17-18,21H,5,11H2,1-4H3,(H2,24,25,26,29);6,8,10-11,14H,5H2,1-4H3,(H2,16,18,19,22);5,7,9-10,13H,4H2,1-3H3,(H3,15,17,18,21);4-5,7-8,11,18-19H,3H2,1-2H3,(H2,13,15,16,20);3-4,6-7,10,17-18H,2H2,1H3,(H3,12,14,15,19);2-5,8H,1H3;1-2H3;1H3,(H,3,4);1H4;;;/q;;;;;;;;;;+1;-1/t15-,17?,18+,21-;8-,10?,11+,14-;7-,9?,10+,13-;5-,7?,8+,11-;4-,6?,7+,10-;;;;;;;/m11111......./s1. The fourth-order valence-corrected chi connectivity index (χ4v) is 16.6. The number of nitrogens with two attached hydrogens (primary N) is 2. The number of imidazole rings is 5. The summed E-state index contributed by atoms with van der Waals surface area (Å²) in [6.07, 6.45) is -3.87. The van der Waals surface area contributed by atoms with Gasteiger partial charge >= 0.3 is 59.4 Å². The number of aliphatic hydroxyl groups is 4. The number of nitrogen functional groups attached to an aromatic ring is 2. The molecule has 17 N–H and O–H groups in total. The number of nitrogens with one attached hydrogen (secondary N) is 8. The predicted molar refractivity (Wildman–Crippen MR) is 529 cm³/mol. The summed E-state index contributed by atoms with van der Waals surface area (Å²) >= 11 is 5.72. The van der Waals surface area contributed by atoms with Crippen molar-refractivity contribution in [2.24, 2.45) is 0 Å². The van der Waals surface area contributed by atoms with Crippen LogP contribution in [0.3, 0.4) is 0 Å². The fraction of sp³-hybridized carbons (Fsp3) is 0.511. The summed E-state index contributed by atoms with van der Waals surface area (Å²) < 4.78 is 84.6. The topological polar surface area (TPSA) is 739 Å². The number of fused-ring (bicyclic) bond motifs is 5. The third kappa shape index (κ3) is 29.7. The van der Waals surface area contributed by atoms with Crippen molar-refractivity contribution in [3.63, 3.8) is 0 Å². The van der Waals surface area contributed by atoms with Gasteiger partial charge in [0.2, 0.25) is 29.7 Å².